The van der Waals surface area contributed by atoms with Crippen LogP contribution in [0.25, 0.3) is 0 Å². The quantitative estimate of drug-likeness (QED) is 0.851. The smallest absolute Gasteiger partial charge is 0.108 e. The molecule has 2 aromatic rings. The van der Waals surface area contributed by atoms with Crippen LogP contribution >= 0.6 is 11.3 Å². The van der Waals surface area contributed by atoms with Gasteiger partial charge in [-0.25, -0.2) is 4.98 Å². The van der Waals surface area contributed by atoms with E-state index in [1.165, 1.54) is 5.56 Å². The number of rotatable bonds is 6. The number of hydrogen-bond donors (Lipinski definition) is 1. The molecule has 1 N–H and O–H groups in total. The van der Waals surface area contributed by atoms with Crippen molar-refractivity contribution in [2.24, 2.45) is 7.05 Å². The summed E-state index contributed by atoms with van der Waals surface area (Å²) in [5, 5.41) is 7.76. The minimum Gasteiger partial charge on any atom is -0.338 e. The Bertz CT molecular complexity index is 433. The lowest BCUT2D eigenvalue weighted by molar-refractivity contribution is 0.510. The predicted molar refractivity (Wildman–Crippen MR) is 72.4 cm³/mol. The van der Waals surface area contributed by atoms with E-state index in [2.05, 4.69) is 38.7 Å². The Morgan fingerprint density at radius 2 is 2.41 bits per heavy atom. The molecule has 0 aliphatic heterocycles. The van der Waals surface area contributed by atoms with Crippen LogP contribution < -0.4 is 5.32 Å². The van der Waals surface area contributed by atoms with Crippen LogP contribution in [-0.4, -0.2) is 22.6 Å². The zero-order valence-electron chi connectivity index (χ0n) is 10.4. The first kappa shape index (κ1) is 12.3. The van der Waals surface area contributed by atoms with Crippen molar-refractivity contribution >= 4 is 11.3 Å². The van der Waals surface area contributed by atoms with Gasteiger partial charge in [0.25, 0.3) is 0 Å². The van der Waals surface area contributed by atoms with Crippen molar-refractivity contribution in [3.05, 3.63) is 40.6 Å². The summed E-state index contributed by atoms with van der Waals surface area (Å²) < 4.78 is 2.09. The lowest BCUT2D eigenvalue weighted by Gasteiger charge is -2.15. The van der Waals surface area contributed by atoms with Crippen molar-refractivity contribution in [1.82, 2.24) is 14.9 Å². The SMILES string of the molecule is CNC(CCc1nccn1C)Cc1ccsc1. The first-order chi connectivity index (χ1) is 8.29. The van der Waals surface area contributed by atoms with Gasteiger partial charge < -0.3 is 9.88 Å². The highest BCUT2D eigenvalue weighted by Gasteiger charge is 2.09. The standard InChI is InChI=1S/C13H19N3S/c1-14-12(9-11-5-8-17-10-11)3-4-13-15-6-7-16(13)2/h5-8,10,12,14H,3-4,9H2,1-2H3. The average Bonchev–Trinajstić information content (AvgIpc) is 2.96. The van der Waals surface area contributed by atoms with Crippen molar-refractivity contribution in [1.29, 1.82) is 0 Å². The van der Waals surface area contributed by atoms with Crippen LogP contribution in [0.1, 0.15) is 17.8 Å². The van der Waals surface area contributed by atoms with Crippen molar-refractivity contribution in [3.8, 4) is 0 Å². The Morgan fingerprint density at radius 1 is 1.53 bits per heavy atom. The monoisotopic (exact) mass is 249 g/mol. The second-order valence-electron chi connectivity index (χ2n) is 4.31. The molecular weight excluding hydrogens is 230 g/mol. The average molecular weight is 249 g/mol. The molecule has 4 heteroatoms. The normalized spacial score (nSPS) is 12.8. The van der Waals surface area contributed by atoms with Crippen molar-refractivity contribution in [2.45, 2.75) is 25.3 Å². The first-order valence-electron chi connectivity index (χ1n) is 5.94. The van der Waals surface area contributed by atoms with E-state index in [1.54, 1.807) is 11.3 Å². The summed E-state index contributed by atoms with van der Waals surface area (Å²) in [7, 11) is 4.09. The fourth-order valence-electron chi connectivity index (χ4n) is 1.98. The van der Waals surface area contributed by atoms with Crippen molar-refractivity contribution in [3.63, 3.8) is 0 Å². The van der Waals surface area contributed by atoms with E-state index in [0.717, 1.165) is 25.1 Å². The molecule has 0 radical (unpaired) electrons. The van der Waals surface area contributed by atoms with E-state index in [9.17, 15) is 0 Å². The van der Waals surface area contributed by atoms with E-state index in [4.69, 9.17) is 0 Å². The summed E-state index contributed by atoms with van der Waals surface area (Å²) >= 11 is 1.77. The van der Waals surface area contributed by atoms with Crippen LogP contribution in [0.4, 0.5) is 0 Å². The third kappa shape index (κ3) is 3.41. The number of nitrogens with zero attached hydrogens (tertiary/aromatic N) is 2. The summed E-state index contributed by atoms with van der Waals surface area (Å²) in [5.74, 6) is 1.16. The molecule has 2 aromatic heterocycles. The molecule has 92 valence electrons. The van der Waals surface area contributed by atoms with E-state index in [-0.39, 0.29) is 0 Å². The number of imidazole rings is 1. The highest BCUT2D eigenvalue weighted by molar-refractivity contribution is 7.07. The van der Waals surface area contributed by atoms with Crippen LogP contribution in [-0.2, 0) is 19.9 Å². The van der Waals surface area contributed by atoms with Crippen LogP contribution in [0.5, 0.6) is 0 Å². The van der Waals surface area contributed by atoms with Crippen LogP contribution in [0.15, 0.2) is 29.2 Å². The maximum Gasteiger partial charge on any atom is 0.108 e. The largest absolute Gasteiger partial charge is 0.338 e. The van der Waals surface area contributed by atoms with E-state index in [1.807, 2.05) is 19.4 Å². The summed E-state index contributed by atoms with van der Waals surface area (Å²) in [6, 6.07) is 2.73. The molecule has 0 saturated carbocycles. The molecule has 17 heavy (non-hydrogen) atoms. The Labute approximate surface area is 107 Å². The van der Waals surface area contributed by atoms with Gasteiger partial charge in [-0.05, 0) is 42.3 Å². The van der Waals surface area contributed by atoms with Gasteiger partial charge in [-0.15, -0.1) is 0 Å². The van der Waals surface area contributed by atoms with Crippen LogP contribution in [0.3, 0.4) is 0 Å². The third-order valence-corrected chi connectivity index (χ3v) is 3.84. The summed E-state index contributed by atoms with van der Waals surface area (Å²) in [6.45, 7) is 0. The van der Waals surface area contributed by atoms with Gasteiger partial charge in [-0.2, -0.15) is 11.3 Å². The molecule has 2 heterocycles. The molecule has 0 aliphatic rings. The molecule has 0 spiro atoms. The minimum atomic E-state index is 0.529. The lowest BCUT2D eigenvalue weighted by Crippen LogP contribution is -2.28. The topological polar surface area (TPSA) is 29.9 Å². The molecule has 1 unspecified atom stereocenters. The zero-order chi connectivity index (χ0) is 12.1. The summed E-state index contributed by atoms with van der Waals surface area (Å²) in [6.07, 6.45) is 7.12. The van der Waals surface area contributed by atoms with Gasteiger partial charge >= 0.3 is 0 Å². The van der Waals surface area contributed by atoms with Crippen LogP contribution in [0.2, 0.25) is 0 Å². The maximum absolute atomic E-state index is 4.36. The minimum absolute atomic E-state index is 0.529. The fraction of sp³-hybridized carbons (Fsp3) is 0.462. The van der Waals surface area contributed by atoms with Gasteiger partial charge in [-0.1, -0.05) is 0 Å². The second-order valence-corrected chi connectivity index (χ2v) is 5.09. The molecule has 0 aromatic carbocycles. The summed E-state index contributed by atoms with van der Waals surface area (Å²) in [5.41, 5.74) is 1.43. The zero-order valence-corrected chi connectivity index (χ0v) is 11.2. The molecule has 0 amide bonds. The lowest BCUT2D eigenvalue weighted by atomic mass is 10.0. The van der Waals surface area contributed by atoms with E-state index in [0.29, 0.717) is 6.04 Å². The number of aromatic nitrogens is 2. The molecule has 0 saturated heterocycles. The second kappa shape index (κ2) is 5.98. The molecule has 2 rings (SSSR count). The van der Waals surface area contributed by atoms with Gasteiger partial charge in [0, 0.05) is 31.9 Å². The molecule has 0 bridgehead atoms. The van der Waals surface area contributed by atoms with Crippen molar-refractivity contribution in [2.75, 3.05) is 7.05 Å². The van der Waals surface area contributed by atoms with Gasteiger partial charge in [0.2, 0.25) is 0 Å². The first-order valence-corrected chi connectivity index (χ1v) is 6.88. The van der Waals surface area contributed by atoms with E-state index < -0.39 is 0 Å². The highest BCUT2D eigenvalue weighted by Crippen LogP contribution is 2.11. The predicted octanol–water partition coefficient (Wildman–Crippen LogP) is 2.24. The fourth-order valence-corrected chi connectivity index (χ4v) is 2.66. The Hall–Kier alpha value is -1.13. The number of hydrogen-bond acceptors (Lipinski definition) is 3. The Kier molecular flexibility index (Phi) is 4.34. The van der Waals surface area contributed by atoms with Crippen LogP contribution in [0, 0.1) is 0 Å². The number of likely N-dealkylation sites (N-methyl/N-ethyl adjacent to an activating group) is 1. The summed E-state index contributed by atoms with van der Waals surface area (Å²) in [4.78, 5) is 4.36. The molecule has 0 aliphatic carbocycles. The van der Waals surface area contributed by atoms with Gasteiger partial charge in [0.05, 0.1) is 0 Å². The molecule has 1 atom stereocenters. The maximum atomic E-state index is 4.36. The van der Waals surface area contributed by atoms with Crippen molar-refractivity contribution < 1.29 is 0 Å². The third-order valence-electron chi connectivity index (χ3n) is 3.11. The molecule has 3 nitrogen and oxygen atoms in total. The number of nitrogens with one attached hydrogen (secondary N) is 1. The van der Waals surface area contributed by atoms with E-state index >= 15 is 0 Å². The molecule has 0 fully saturated rings. The Balaban J connectivity index is 1.86. The number of thiophene rings is 1. The van der Waals surface area contributed by atoms with Gasteiger partial charge in [0.1, 0.15) is 5.82 Å². The van der Waals surface area contributed by atoms with Gasteiger partial charge in [0.15, 0.2) is 0 Å². The highest BCUT2D eigenvalue weighted by atomic mass is 32.1. The Morgan fingerprint density at radius 3 is 3.00 bits per heavy atom. The van der Waals surface area contributed by atoms with Gasteiger partial charge in [-0.3, -0.25) is 0 Å². The molecular formula is C13H19N3S. The number of aryl methyl sites for hydroxylation is 2.